The van der Waals surface area contributed by atoms with Crippen molar-refractivity contribution in [1.82, 2.24) is 5.32 Å². The summed E-state index contributed by atoms with van der Waals surface area (Å²) in [4.78, 5) is 12.8. The summed E-state index contributed by atoms with van der Waals surface area (Å²) < 4.78 is 33.5. The van der Waals surface area contributed by atoms with Crippen molar-refractivity contribution in [3.8, 4) is 5.75 Å². The standard InChI is InChI=1S/C26H29ClN2O4S2/c1-3-33-23-12-14-24(15-13-23)35(31,32)29(22-10-8-20(2)9-11-22)18-26(30)28-16-17-34-19-21-6-4-5-7-25(21)27/h4-15H,3,16-19H2,1-2H3,(H,28,30). The summed E-state index contributed by atoms with van der Waals surface area (Å²) >= 11 is 7.82. The van der Waals surface area contributed by atoms with Crippen LogP contribution in [-0.4, -0.2) is 39.8 Å². The number of sulfonamides is 1. The van der Waals surface area contributed by atoms with Gasteiger partial charge < -0.3 is 10.1 Å². The fraction of sp³-hybridized carbons (Fsp3) is 0.269. The third-order valence-electron chi connectivity index (χ3n) is 5.12. The Kier molecular flexibility index (Phi) is 9.89. The van der Waals surface area contributed by atoms with E-state index in [1.807, 2.05) is 50.2 Å². The van der Waals surface area contributed by atoms with Gasteiger partial charge in [0.15, 0.2) is 0 Å². The maximum Gasteiger partial charge on any atom is 0.264 e. The molecule has 3 rings (SSSR count). The zero-order valence-electron chi connectivity index (χ0n) is 19.7. The molecule has 0 spiro atoms. The number of aryl methyl sites for hydroxylation is 1. The van der Waals surface area contributed by atoms with E-state index in [9.17, 15) is 13.2 Å². The normalized spacial score (nSPS) is 11.2. The molecule has 0 bridgehead atoms. The van der Waals surface area contributed by atoms with Gasteiger partial charge in [-0.3, -0.25) is 9.10 Å². The summed E-state index contributed by atoms with van der Waals surface area (Å²) in [6, 6.07) is 20.9. The second-order valence-electron chi connectivity index (χ2n) is 7.75. The quantitative estimate of drug-likeness (QED) is 0.321. The van der Waals surface area contributed by atoms with Crippen molar-refractivity contribution in [2.45, 2.75) is 24.5 Å². The summed E-state index contributed by atoms with van der Waals surface area (Å²) in [6.07, 6.45) is 0. The van der Waals surface area contributed by atoms with Gasteiger partial charge in [0.1, 0.15) is 12.3 Å². The molecular formula is C26H29ClN2O4S2. The van der Waals surface area contributed by atoms with E-state index in [2.05, 4.69) is 5.32 Å². The van der Waals surface area contributed by atoms with Crippen LogP contribution in [0.1, 0.15) is 18.1 Å². The van der Waals surface area contributed by atoms with Gasteiger partial charge in [-0.25, -0.2) is 8.42 Å². The second-order valence-corrected chi connectivity index (χ2v) is 11.1. The van der Waals surface area contributed by atoms with Crippen molar-refractivity contribution in [1.29, 1.82) is 0 Å². The Hall–Kier alpha value is -2.68. The Labute approximate surface area is 216 Å². The minimum atomic E-state index is -3.97. The van der Waals surface area contributed by atoms with Crippen LogP contribution in [0.4, 0.5) is 5.69 Å². The van der Waals surface area contributed by atoms with Crippen molar-refractivity contribution in [2.75, 3.05) is 29.8 Å². The second kappa shape index (κ2) is 12.9. The summed E-state index contributed by atoms with van der Waals surface area (Å²) in [6.45, 7) is 4.35. The Balaban J connectivity index is 1.66. The minimum absolute atomic E-state index is 0.0876. The maximum atomic E-state index is 13.5. The number of thioether (sulfide) groups is 1. The fourth-order valence-corrected chi connectivity index (χ4v) is 5.84. The smallest absolute Gasteiger partial charge is 0.264 e. The number of hydrogen-bond donors (Lipinski definition) is 1. The molecule has 1 amide bonds. The third kappa shape index (κ3) is 7.65. The largest absolute Gasteiger partial charge is 0.494 e. The van der Waals surface area contributed by atoms with Gasteiger partial charge in [0.25, 0.3) is 10.0 Å². The number of rotatable bonds is 12. The molecule has 186 valence electrons. The van der Waals surface area contributed by atoms with Gasteiger partial charge in [0.05, 0.1) is 17.2 Å². The van der Waals surface area contributed by atoms with E-state index in [0.29, 0.717) is 30.3 Å². The first kappa shape index (κ1) is 26.9. The van der Waals surface area contributed by atoms with Gasteiger partial charge in [-0.05, 0) is 61.9 Å². The molecule has 0 aliphatic heterocycles. The highest BCUT2D eigenvalue weighted by Crippen LogP contribution is 2.25. The average Bonchev–Trinajstić information content (AvgIpc) is 2.84. The van der Waals surface area contributed by atoms with E-state index in [0.717, 1.165) is 26.2 Å². The van der Waals surface area contributed by atoms with Crippen LogP contribution >= 0.6 is 23.4 Å². The van der Waals surface area contributed by atoms with Crippen LogP contribution < -0.4 is 14.4 Å². The lowest BCUT2D eigenvalue weighted by Crippen LogP contribution is -2.41. The molecule has 1 N–H and O–H groups in total. The summed E-state index contributed by atoms with van der Waals surface area (Å²) in [5.41, 5.74) is 2.46. The van der Waals surface area contributed by atoms with E-state index >= 15 is 0 Å². The molecule has 6 nitrogen and oxygen atoms in total. The van der Waals surface area contributed by atoms with E-state index in [4.69, 9.17) is 16.3 Å². The highest BCUT2D eigenvalue weighted by Gasteiger charge is 2.27. The van der Waals surface area contributed by atoms with Crippen LogP contribution in [0, 0.1) is 6.92 Å². The monoisotopic (exact) mass is 532 g/mol. The molecule has 35 heavy (non-hydrogen) atoms. The molecule has 0 aliphatic carbocycles. The van der Waals surface area contributed by atoms with Crippen molar-refractivity contribution < 1.29 is 17.9 Å². The summed E-state index contributed by atoms with van der Waals surface area (Å²) in [5, 5.41) is 3.55. The van der Waals surface area contributed by atoms with Crippen LogP contribution in [0.25, 0.3) is 0 Å². The first-order chi connectivity index (χ1) is 16.8. The highest BCUT2D eigenvalue weighted by atomic mass is 35.5. The first-order valence-electron chi connectivity index (χ1n) is 11.2. The predicted octanol–water partition coefficient (Wildman–Crippen LogP) is 5.29. The summed E-state index contributed by atoms with van der Waals surface area (Å²) in [5.74, 6) is 1.61. The van der Waals surface area contributed by atoms with Crippen LogP contribution in [0.5, 0.6) is 5.75 Å². The lowest BCUT2D eigenvalue weighted by atomic mass is 10.2. The number of anilines is 1. The number of hydrogen-bond acceptors (Lipinski definition) is 5. The van der Waals surface area contributed by atoms with Crippen molar-refractivity contribution in [3.63, 3.8) is 0 Å². The molecule has 0 unspecified atom stereocenters. The molecule has 0 aromatic heterocycles. The molecule has 0 heterocycles. The topological polar surface area (TPSA) is 75.7 Å². The number of carbonyl (C=O) groups is 1. The number of amides is 1. The van der Waals surface area contributed by atoms with Crippen molar-refractivity contribution in [2.24, 2.45) is 0 Å². The molecular weight excluding hydrogens is 504 g/mol. The molecule has 9 heteroatoms. The first-order valence-corrected chi connectivity index (χ1v) is 14.2. The SMILES string of the molecule is CCOc1ccc(S(=O)(=O)N(CC(=O)NCCSCc2ccccc2Cl)c2ccc(C)cc2)cc1. The Morgan fingerprint density at radius 1 is 1.03 bits per heavy atom. The molecule has 3 aromatic carbocycles. The molecule has 0 atom stereocenters. The molecule has 3 aromatic rings. The van der Waals surface area contributed by atoms with E-state index in [-0.39, 0.29) is 17.3 Å². The van der Waals surface area contributed by atoms with Crippen molar-refractivity contribution >= 4 is 45.0 Å². The number of halogens is 1. The Morgan fingerprint density at radius 2 is 1.71 bits per heavy atom. The van der Waals surface area contributed by atoms with E-state index in [1.54, 1.807) is 36.0 Å². The maximum absolute atomic E-state index is 13.5. The van der Waals surface area contributed by atoms with E-state index < -0.39 is 10.0 Å². The molecule has 0 saturated heterocycles. The van der Waals surface area contributed by atoms with Gasteiger partial charge in [0.2, 0.25) is 5.91 Å². The highest BCUT2D eigenvalue weighted by molar-refractivity contribution is 7.98. The molecule has 0 aliphatic rings. The van der Waals surface area contributed by atoms with Gasteiger partial charge in [0, 0.05) is 23.1 Å². The lowest BCUT2D eigenvalue weighted by molar-refractivity contribution is -0.119. The van der Waals surface area contributed by atoms with Crippen LogP contribution in [0.15, 0.2) is 77.7 Å². The van der Waals surface area contributed by atoms with Gasteiger partial charge >= 0.3 is 0 Å². The number of nitrogens with zero attached hydrogens (tertiary/aromatic N) is 1. The molecule has 0 radical (unpaired) electrons. The fourth-order valence-electron chi connectivity index (χ4n) is 3.27. The molecule has 0 fully saturated rings. The third-order valence-corrected chi connectivity index (χ3v) is 8.28. The van der Waals surface area contributed by atoms with Crippen molar-refractivity contribution in [3.05, 3.63) is 88.9 Å². The van der Waals surface area contributed by atoms with Crippen LogP contribution in [0.3, 0.4) is 0 Å². The Bertz CT molecular complexity index is 1220. The van der Waals surface area contributed by atoms with Gasteiger partial charge in [-0.2, -0.15) is 11.8 Å². The number of benzene rings is 3. The summed E-state index contributed by atoms with van der Waals surface area (Å²) in [7, 11) is -3.97. The zero-order valence-corrected chi connectivity index (χ0v) is 22.1. The molecule has 0 saturated carbocycles. The Morgan fingerprint density at radius 3 is 2.37 bits per heavy atom. The average molecular weight is 533 g/mol. The number of ether oxygens (including phenoxy) is 1. The van der Waals surface area contributed by atoms with E-state index in [1.165, 1.54) is 12.1 Å². The minimum Gasteiger partial charge on any atom is -0.494 e. The lowest BCUT2D eigenvalue weighted by Gasteiger charge is -2.24. The van der Waals surface area contributed by atoms with Gasteiger partial charge in [-0.1, -0.05) is 47.5 Å². The number of carbonyl (C=O) groups excluding carboxylic acids is 1. The van der Waals surface area contributed by atoms with Crippen LogP contribution in [0.2, 0.25) is 5.02 Å². The number of nitrogens with one attached hydrogen (secondary N) is 1. The van der Waals surface area contributed by atoms with Crippen LogP contribution in [-0.2, 0) is 20.6 Å². The zero-order chi connectivity index (χ0) is 25.3. The predicted molar refractivity (Wildman–Crippen MR) is 144 cm³/mol. The van der Waals surface area contributed by atoms with Gasteiger partial charge in [-0.15, -0.1) is 0 Å².